The number of nitrogens with zero attached hydrogens (tertiary/aromatic N) is 2. The van der Waals surface area contributed by atoms with Crippen LogP contribution < -0.4 is 10.2 Å². The summed E-state index contributed by atoms with van der Waals surface area (Å²) in [5.74, 6) is 1.04. The summed E-state index contributed by atoms with van der Waals surface area (Å²) in [5, 5.41) is 5.99. The summed E-state index contributed by atoms with van der Waals surface area (Å²) < 4.78 is 5.18. The lowest BCUT2D eigenvalue weighted by Gasteiger charge is -2.20. The van der Waals surface area contributed by atoms with Crippen molar-refractivity contribution >= 4 is 16.6 Å². The number of anilines is 1. The molecule has 112 valence electrons. The van der Waals surface area contributed by atoms with Crippen molar-refractivity contribution < 1.29 is 4.74 Å². The molecule has 0 spiro atoms. The molecule has 1 N–H and O–H groups in total. The van der Waals surface area contributed by atoms with E-state index >= 15 is 0 Å². The summed E-state index contributed by atoms with van der Waals surface area (Å²) in [6.45, 7) is 2.39. The molecule has 1 aliphatic carbocycles. The summed E-state index contributed by atoms with van der Waals surface area (Å²) in [6.07, 6.45) is 2.60. The average molecular weight is 285 g/mol. The molecule has 1 heterocycles. The maximum absolute atomic E-state index is 5.18. The quantitative estimate of drug-likeness (QED) is 0.848. The average Bonchev–Trinajstić information content (AvgIpc) is 3.34. The van der Waals surface area contributed by atoms with Gasteiger partial charge >= 0.3 is 0 Å². The van der Waals surface area contributed by atoms with Crippen molar-refractivity contribution in [3.8, 4) is 0 Å². The van der Waals surface area contributed by atoms with E-state index in [0.717, 1.165) is 24.6 Å². The van der Waals surface area contributed by atoms with Crippen LogP contribution >= 0.6 is 0 Å². The van der Waals surface area contributed by atoms with Crippen LogP contribution in [0.3, 0.4) is 0 Å². The summed E-state index contributed by atoms with van der Waals surface area (Å²) in [6, 6.07) is 11.3. The first-order valence-corrected chi connectivity index (χ1v) is 7.60. The van der Waals surface area contributed by atoms with Crippen LogP contribution in [0.1, 0.15) is 18.5 Å². The molecule has 0 bridgehead atoms. The van der Waals surface area contributed by atoms with Gasteiger partial charge in [0.05, 0.1) is 12.3 Å². The van der Waals surface area contributed by atoms with Gasteiger partial charge in [0.15, 0.2) is 0 Å². The van der Waals surface area contributed by atoms with E-state index in [1.807, 2.05) is 0 Å². The minimum absolute atomic E-state index is 0.702. The second-order valence-corrected chi connectivity index (χ2v) is 5.73. The zero-order valence-corrected chi connectivity index (χ0v) is 12.8. The molecule has 2 aromatic rings. The minimum atomic E-state index is 0.702. The first kappa shape index (κ1) is 14.3. The highest BCUT2D eigenvalue weighted by Crippen LogP contribution is 2.26. The number of likely N-dealkylation sites (N-methyl/N-ethyl adjacent to an activating group) is 1. The normalized spacial score (nSPS) is 14.6. The standard InChI is InChI=1S/C17H23N3O/c1-20(9-10-21-2)17-16-6-4-3-5-13(16)11-15(19-17)12-18-14-7-8-14/h3-6,11,14,18H,7-10,12H2,1-2H3. The first-order valence-electron chi connectivity index (χ1n) is 7.60. The lowest BCUT2D eigenvalue weighted by molar-refractivity contribution is 0.206. The van der Waals surface area contributed by atoms with Crippen LogP contribution in [0.2, 0.25) is 0 Å². The van der Waals surface area contributed by atoms with Crippen molar-refractivity contribution in [3.05, 3.63) is 36.0 Å². The van der Waals surface area contributed by atoms with E-state index in [0.29, 0.717) is 12.6 Å². The fraction of sp³-hybridized carbons (Fsp3) is 0.471. The fourth-order valence-electron chi connectivity index (χ4n) is 2.49. The van der Waals surface area contributed by atoms with E-state index in [2.05, 4.69) is 47.6 Å². The van der Waals surface area contributed by atoms with Crippen molar-refractivity contribution in [1.29, 1.82) is 0 Å². The van der Waals surface area contributed by atoms with Gasteiger partial charge in [-0.25, -0.2) is 4.98 Å². The number of benzene rings is 1. The molecule has 21 heavy (non-hydrogen) atoms. The smallest absolute Gasteiger partial charge is 0.136 e. The summed E-state index contributed by atoms with van der Waals surface area (Å²) in [4.78, 5) is 7.03. The van der Waals surface area contributed by atoms with Crippen molar-refractivity contribution in [2.24, 2.45) is 0 Å². The van der Waals surface area contributed by atoms with Gasteiger partial charge in [-0.2, -0.15) is 0 Å². The molecule has 0 unspecified atom stereocenters. The highest BCUT2D eigenvalue weighted by atomic mass is 16.5. The van der Waals surface area contributed by atoms with Gasteiger partial charge in [-0.15, -0.1) is 0 Å². The Morgan fingerprint density at radius 1 is 1.33 bits per heavy atom. The highest BCUT2D eigenvalue weighted by Gasteiger charge is 2.20. The number of aromatic nitrogens is 1. The Bertz CT molecular complexity index is 610. The van der Waals surface area contributed by atoms with Crippen molar-refractivity contribution in [2.45, 2.75) is 25.4 Å². The Morgan fingerprint density at radius 2 is 2.14 bits per heavy atom. The SMILES string of the molecule is COCCN(C)c1nc(CNC2CC2)cc2ccccc12. The second kappa shape index (κ2) is 6.41. The van der Waals surface area contributed by atoms with Crippen LogP contribution in [0.5, 0.6) is 0 Å². The Labute approximate surface area is 126 Å². The molecule has 1 fully saturated rings. The predicted octanol–water partition coefficient (Wildman–Crippen LogP) is 2.57. The molecule has 0 amide bonds. The largest absolute Gasteiger partial charge is 0.383 e. The molecule has 1 aliphatic rings. The third kappa shape index (κ3) is 3.52. The van der Waals surface area contributed by atoms with E-state index in [4.69, 9.17) is 9.72 Å². The van der Waals surface area contributed by atoms with Gasteiger partial charge in [0, 0.05) is 38.7 Å². The minimum Gasteiger partial charge on any atom is -0.383 e. The molecule has 3 rings (SSSR count). The summed E-state index contributed by atoms with van der Waals surface area (Å²) >= 11 is 0. The Hall–Kier alpha value is -1.65. The van der Waals surface area contributed by atoms with Crippen LogP contribution in [0.4, 0.5) is 5.82 Å². The Morgan fingerprint density at radius 3 is 2.90 bits per heavy atom. The van der Waals surface area contributed by atoms with Crippen LogP contribution in [-0.2, 0) is 11.3 Å². The molecule has 0 atom stereocenters. The number of methoxy groups -OCH3 is 1. The molecular formula is C17H23N3O. The van der Waals surface area contributed by atoms with E-state index in [-0.39, 0.29) is 0 Å². The van der Waals surface area contributed by atoms with Crippen molar-refractivity contribution in [1.82, 2.24) is 10.3 Å². The third-order valence-electron chi connectivity index (χ3n) is 3.91. The topological polar surface area (TPSA) is 37.4 Å². The maximum Gasteiger partial charge on any atom is 0.136 e. The lowest BCUT2D eigenvalue weighted by Crippen LogP contribution is -2.24. The number of rotatable bonds is 7. The predicted molar refractivity (Wildman–Crippen MR) is 86.8 cm³/mol. The molecule has 1 aromatic heterocycles. The van der Waals surface area contributed by atoms with Gasteiger partial charge < -0.3 is 15.0 Å². The van der Waals surface area contributed by atoms with Crippen LogP contribution in [0.25, 0.3) is 10.8 Å². The van der Waals surface area contributed by atoms with E-state index in [1.165, 1.54) is 23.6 Å². The molecule has 0 saturated heterocycles. The molecule has 4 heteroatoms. The number of ether oxygens (including phenoxy) is 1. The number of hydrogen-bond acceptors (Lipinski definition) is 4. The number of nitrogens with one attached hydrogen (secondary N) is 1. The number of hydrogen-bond donors (Lipinski definition) is 1. The monoisotopic (exact) mass is 285 g/mol. The molecule has 1 aromatic carbocycles. The van der Waals surface area contributed by atoms with Crippen LogP contribution in [0, 0.1) is 0 Å². The van der Waals surface area contributed by atoms with E-state index < -0.39 is 0 Å². The number of fused-ring (bicyclic) bond motifs is 1. The van der Waals surface area contributed by atoms with Gasteiger partial charge in [-0.05, 0) is 24.3 Å². The van der Waals surface area contributed by atoms with Gasteiger partial charge in [0.1, 0.15) is 5.82 Å². The summed E-state index contributed by atoms with van der Waals surface area (Å²) in [5.41, 5.74) is 1.11. The van der Waals surface area contributed by atoms with E-state index in [9.17, 15) is 0 Å². The van der Waals surface area contributed by atoms with E-state index in [1.54, 1.807) is 7.11 Å². The van der Waals surface area contributed by atoms with Crippen molar-refractivity contribution in [3.63, 3.8) is 0 Å². The van der Waals surface area contributed by atoms with Gasteiger partial charge in [-0.1, -0.05) is 24.3 Å². The van der Waals surface area contributed by atoms with Crippen molar-refractivity contribution in [2.75, 3.05) is 32.2 Å². The zero-order chi connectivity index (χ0) is 14.7. The van der Waals surface area contributed by atoms with Gasteiger partial charge in [0.25, 0.3) is 0 Å². The molecule has 4 nitrogen and oxygen atoms in total. The Kier molecular flexibility index (Phi) is 4.36. The highest BCUT2D eigenvalue weighted by molar-refractivity contribution is 5.92. The second-order valence-electron chi connectivity index (χ2n) is 5.73. The fourth-order valence-corrected chi connectivity index (χ4v) is 2.49. The first-order chi connectivity index (χ1) is 10.3. The molecule has 1 saturated carbocycles. The Balaban J connectivity index is 1.89. The van der Waals surface area contributed by atoms with Gasteiger partial charge in [0.2, 0.25) is 0 Å². The number of pyridine rings is 1. The molecule has 0 radical (unpaired) electrons. The maximum atomic E-state index is 5.18. The third-order valence-corrected chi connectivity index (χ3v) is 3.91. The van der Waals surface area contributed by atoms with Crippen LogP contribution in [0.15, 0.2) is 30.3 Å². The zero-order valence-electron chi connectivity index (χ0n) is 12.8. The van der Waals surface area contributed by atoms with Gasteiger partial charge in [-0.3, -0.25) is 0 Å². The lowest BCUT2D eigenvalue weighted by atomic mass is 10.1. The summed E-state index contributed by atoms with van der Waals surface area (Å²) in [7, 11) is 3.81. The molecule has 0 aliphatic heterocycles. The van der Waals surface area contributed by atoms with Crippen LogP contribution in [-0.4, -0.2) is 38.3 Å². The molecular weight excluding hydrogens is 262 g/mol.